The van der Waals surface area contributed by atoms with E-state index < -0.39 is 11.9 Å². The van der Waals surface area contributed by atoms with Crippen molar-refractivity contribution in [1.82, 2.24) is 0 Å². The van der Waals surface area contributed by atoms with Crippen LogP contribution in [0, 0.1) is 25.2 Å². The van der Waals surface area contributed by atoms with Crippen molar-refractivity contribution in [1.29, 1.82) is 5.26 Å². The van der Waals surface area contributed by atoms with Crippen molar-refractivity contribution in [3.8, 4) is 6.07 Å². The molecule has 0 aliphatic carbocycles. The van der Waals surface area contributed by atoms with Crippen LogP contribution in [0.5, 0.6) is 0 Å². The van der Waals surface area contributed by atoms with E-state index in [9.17, 15) is 9.59 Å². The summed E-state index contributed by atoms with van der Waals surface area (Å²) in [5, 5.41) is 11.5. The zero-order valence-electron chi connectivity index (χ0n) is 12.9. The van der Waals surface area contributed by atoms with Gasteiger partial charge in [-0.3, -0.25) is 4.79 Å². The Morgan fingerprint density at radius 2 is 1.96 bits per heavy atom. The summed E-state index contributed by atoms with van der Waals surface area (Å²) in [5.41, 5.74) is 3.32. The fourth-order valence-corrected chi connectivity index (χ4v) is 2.07. The third-order valence-corrected chi connectivity index (χ3v) is 3.22. The molecule has 0 atom stereocenters. The molecule has 1 amide bonds. The molecule has 2 rings (SSSR count). The number of ether oxygens (including phenoxy) is 1. The number of hydrogen-bond donors (Lipinski definition) is 1. The number of esters is 1. The van der Waals surface area contributed by atoms with Crippen LogP contribution >= 0.6 is 0 Å². The maximum Gasteiger partial charge on any atom is 0.338 e. The standard InChI is InChI=1S/C18H16N2O3/c1-12-6-7-16(13(2)8-12)20-17(21)11-23-18(22)15-5-3-4-14(9-15)10-19/h3-9H,11H2,1-2H3,(H,20,21). The normalized spacial score (nSPS) is 9.78. The van der Waals surface area contributed by atoms with Gasteiger partial charge in [0.05, 0.1) is 17.2 Å². The van der Waals surface area contributed by atoms with Gasteiger partial charge in [-0.15, -0.1) is 0 Å². The topological polar surface area (TPSA) is 79.2 Å². The number of nitrogens with zero attached hydrogens (tertiary/aromatic N) is 1. The van der Waals surface area contributed by atoms with Crippen molar-refractivity contribution in [3.63, 3.8) is 0 Å². The summed E-state index contributed by atoms with van der Waals surface area (Å²) in [7, 11) is 0. The molecular weight excluding hydrogens is 292 g/mol. The van der Waals surface area contributed by atoms with E-state index in [4.69, 9.17) is 10.00 Å². The number of nitriles is 1. The Morgan fingerprint density at radius 1 is 1.17 bits per heavy atom. The van der Waals surface area contributed by atoms with Crippen LogP contribution in [0.25, 0.3) is 0 Å². The van der Waals surface area contributed by atoms with Crippen LogP contribution in [0.1, 0.15) is 27.0 Å². The maximum absolute atomic E-state index is 11.9. The number of hydrogen-bond acceptors (Lipinski definition) is 4. The second-order valence-electron chi connectivity index (χ2n) is 5.14. The van der Waals surface area contributed by atoms with Crippen molar-refractivity contribution >= 4 is 17.6 Å². The summed E-state index contributed by atoms with van der Waals surface area (Å²) >= 11 is 0. The Kier molecular flexibility index (Phi) is 5.11. The minimum atomic E-state index is -0.641. The first-order valence-electron chi connectivity index (χ1n) is 7.04. The number of amides is 1. The molecular formula is C18H16N2O3. The van der Waals surface area contributed by atoms with Crippen molar-refractivity contribution < 1.29 is 14.3 Å². The molecule has 0 saturated carbocycles. The van der Waals surface area contributed by atoms with Crippen molar-refractivity contribution in [2.24, 2.45) is 0 Å². The molecule has 0 aromatic heterocycles. The van der Waals surface area contributed by atoms with Crippen LogP contribution in [0.15, 0.2) is 42.5 Å². The van der Waals surface area contributed by atoms with Crippen LogP contribution in [-0.4, -0.2) is 18.5 Å². The molecule has 0 bridgehead atoms. The highest BCUT2D eigenvalue weighted by atomic mass is 16.5. The average molecular weight is 308 g/mol. The lowest BCUT2D eigenvalue weighted by Gasteiger charge is -2.09. The number of carbonyl (C=O) groups is 2. The van der Waals surface area contributed by atoms with E-state index in [0.717, 1.165) is 11.1 Å². The van der Waals surface area contributed by atoms with Gasteiger partial charge in [0.1, 0.15) is 0 Å². The van der Waals surface area contributed by atoms with Gasteiger partial charge >= 0.3 is 5.97 Å². The van der Waals surface area contributed by atoms with E-state index >= 15 is 0 Å². The molecule has 0 aliphatic rings. The van der Waals surface area contributed by atoms with Crippen LogP contribution in [0.3, 0.4) is 0 Å². The maximum atomic E-state index is 11.9. The molecule has 5 nitrogen and oxygen atoms in total. The largest absolute Gasteiger partial charge is 0.452 e. The molecule has 2 aromatic rings. The second kappa shape index (κ2) is 7.23. The Hall–Kier alpha value is -3.13. The van der Waals surface area contributed by atoms with Gasteiger partial charge in [0.15, 0.2) is 6.61 Å². The Bertz CT molecular complexity index is 791. The lowest BCUT2D eigenvalue weighted by Crippen LogP contribution is -2.21. The summed E-state index contributed by atoms with van der Waals surface area (Å²) in [6, 6.07) is 13.7. The number of anilines is 1. The zero-order chi connectivity index (χ0) is 16.8. The van der Waals surface area contributed by atoms with Gasteiger partial charge in [-0.25, -0.2) is 4.79 Å². The van der Waals surface area contributed by atoms with Crippen LogP contribution < -0.4 is 5.32 Å². The highest BCUT2D eigenvalue weighted by Crippen LogP contribution is 2.15. The van der Waals surface area contributed by atoms with E-state index in [1.165, 1.54) is 12.1 Å². The fourth-order valence-electron chi connectivity index (χ4n) is 2.07. The first-order chi connectivity index (χ1) is 11.0. The molecule has 0 radical (unpaired) electrons. The number of carbonyl (C=O) groups excluding carboxylic acids is 2. The molecule has 0 heterocycles. The lowest BCUT2D eigenvalue weighted by molar-refractivity contribution is -0.119. The van der Waals surface area contributed by atoms with Gasteiger partial charge in [-0.05, 0) is 43.7 Å². The molecule has 5 heteroatoms. The average Bonchev–Trinajstić information content (AvgIpc) is 2.55. The van der Waals surface area contributed by atoms with Crippen LogP contribution in [-0.2, 0) is 9.53 Å². The molecule has 0 spiro atoms. The van der Waals surface area contributed by atoms with Gasteiger partial charge in [0.25, 0.3) is 5.91 Å². The Labute approximate surface area is 134 Å². The Morgan fingerprint density at radius 3 is 2.65 bits per heavy atom. The number of rotatable bonds is 4. The third kappa shape index (κ3) is 4.42. The predicted molar refractivity (Wildman–Crippen MR) is 86.0 cm³/mol. The molecule has 0 fully saturated rings. The molecule has 0 aliphatic heterocycles. The van der Waals surface area contributed by atoms with E-state index in [2.05, 4.69) is 5.32 Å². The number of nitrogens with one attached hydrogen (secondary N) is 1. The number of aryl methyl sites for hydroxylation is 2. The van der Waals surface area contributed by atoms with E-state index in [1.54, 1.807) is 18.2 Å². The monoisotopic (exact) mass is 308 g/mol. The lowest BCUT2D eigenvalue weighted by atomic mass is 10.1. The SMILES string of the molecule is Cc1ccc(NC(=O)COC(=O)c2cccc(C#N)c2)c(C)c1. The van der Waals surface area contributed by atoms with E-state index in [1.807, 2.05) is 32.0 Å². The molecule has 1 N–H and O–H groups in total. The number of benzene rings is 2. The van der Waals surface area contributed by atoms with Crippen LogP contribution in [0.4, 0.5) is 5.69 Å². The van der Waals surface area contributed by atoms with E-state index in [0.29, 0.717) is 11.3 Å². The predicted octanol–water partition coefficient (Wildman–Crippen LogP) is 2.97. The smallest absolute Gasteiger partial charge is 0.338 e. The summed E-state index contributed by atoms with van der Waals surface area (Å²) in [4.78, 5) is 23.7. The first kappa shape index (κ1) is 16.2. The minimum Gasteiger partial charge on any atom is -0.452 e. The minimum absolute atomic E-state index is 0.239. The zero-order valence-corrected chi connectivity index (χ0v) is 12.9. The fraction of sp³-hybridized carbons (Fsp3) is 0.167. The highest BCUT2D eigenvalue weighted by molar-refractivity contribution is 5.96. The van der Waals surface area contributed by atoms with Crippen LogP contribution in [0.2, 0.25) is 0 Å². The molecule has 0 unspecified atom stereocenters. The van der Waals surface area contributed by atoms with E-state index in [-0.39, 0.29) is 12.2 Å². The molecule has 23 heavy (non-hydrogen) atoms. The van der Waals surface area contributed by atoms with Gasteiger partial charge < -0.3 is 10.1 Å². The van der Waals surface area contributed by atoms with Gasteiger partial charge in [0, 0.05) is 5.69 Å². The van der Waals surface area contributed by atoms with Gasteiger partial charge in [-0.1, -0.05) is 23.8 Å². The quantitative estimate of drug-likeness (QED) is 0.881. The molecule has 116 valence electrons. The van der Waals surface area contributed by atoms with Gasteiger partial charge in [-0.2, -0.15) is 5.26 Å². The second-order valence-corrected chi connectivity index (χ2v) is 5.14. The third-order valence-electron chi connectivity index (χ3n) is 3.22. The summed E-state index contributed by atoms with van der Waals surface area (Å²) in [6.07, 6.45) is 0. The summed E-state index contributed by atoms with van der Waals surface area (Å²) in [6.45, 7) is 3.47. The first-order valence-corrected chi connectivity index (χ1v) is 7.04. The van der Waals surface area contributed by atoms with Crippen molar-refractivity contribution in [3.05, 3.63) is 64.7 Å². The van der Waals surface area contributed by atoms with Gasteiger partial charge in [0.2, 0.25) is 0 Å². The van der Waals surface area contributed by atoms with Crippen molar-refractivity contribution in [2.75, 3.05) is 11.9 Å². The Balaban J connectivity index is 1.93. The molecule has 0 saturated heterocycles. The summed E-state index contributed by atoms with van der Waals surface area (Å²) in [5.74, 6) is -1.06. The summed E-state index contributed by atoms with van der Waals surface area (Å²) < 4.78 is 4.96. The van der Waals surface area contributed by atoms with Crippen molar-refractivity contribution in [2.45, 2.75) is 13.8 Å². The highest BCUT2D eigenvalue weighted by Gasteiger charge is 2.11. The molecule has 2 aromatic carbocycles.